The lowest BCUT2D eigenvalue weighted by Gasteiger charge is -2.24. The molecule has 0 bridgehead atoms. The summed E-state index contributed by atoms with van der Waals surface area (Å²) in [5.74, 6) is -4.04. The van der Waals surface area contributed by atoms with Crippen molar-refractivity contribution in [3.63, 3.8) is 0 Å². The van der Waals surface area contributed by atoms with Gasteiger partial charge in [-0.25, -0.2) is 13.2 Å². The van der Waals surface area contributed by atoms with Gasteiger partial charge in [-0.05, 0) is 49.3 Å². The van der Waals surface area contributed by atoms with E-state index in [-0.39, 0.29) is 16.5 Å². The number of carboxylic acid groups (broad SMARTS) is 1. The van der Waals surface area contributed by atoms with Crippen LogP contribution < -0.4 is 27.5 Å². The molecular formula is C19H22BrF3N6O7S. The van der Waals surface area contributed by atoms with Crippen LogP contribution in [0.4, 0.5) is 18.9 Å². The Labute approximate surface area is 216 Å². The molecule has 0 aliphatic carbocycles. The number of carbonyl (C=O) groups excluding carboxylic acids is 1. The van der Waals surface area contributed by atoms with Crippen LogP contribution >= 0.6 is 15.9 Å². The van der Waals surface area contributed by atoms with Crippen LogP contribution in [-0.4, -0.2) is 48.2 Å². The summed E-state index contributed by atoms with van der Waals surface area (Å²) in [7, 11) is -4.07. The normalized spacial score (nSPS) is 12.8. The number of halogens is 4. The molecule has 1 amide bonds. The molecule has 0 saturated carbocycles. The fourth-order valence-electron chi connectivity index (χ4n) is 2.68. The zero-order valence-electron chi connectivity index (χ0n) is 19.1. The van der Waals surface area contributed by atoms with Gasteiger partial charge >= 0.3 is 12.1 Å². The largest absolute Gasteiger partial charge is 0.490 e. The number of oxime groups is 1. The molecule has 2 rings (SSSR count). The van der Waals surface area contributed by atoms with Gasteiger partial charge in [0.1, 0.15) is 5.69 Å². The number of aryl methyl sites for hydroxylation is 1. The molecule has 18 heteroatoms. The highest BCUT2D eigenvalue weighted by Crippen LogP contribution is 2.21. The number of aliphatic carboxylic acids is 1. The number of rotatable bonds is 8. The predicted molar refractivity (Wildman–Crippen MR) is 129 cm³/mol. The lowest BCUT2D eigenvalue weighted by Crippen LogP contribution is -2.42. The van der Waals surface area contributed by atoms with Crippen molar-refractivity contribution in [3.8, 4) is 0 Å². The number of sulfonamides is 1. The number of nitrogens with two attached hydrogens (primary N) is 3. The summed E-state index contributed by atoms with van der Waals surface area (Å²) in [6, 6.07) is 7.40. The second-order valence-electron chi connectivity index (χ2n) is 7.10. The van der Waals surface area contributed by atoms with Crippen molar-refractivity contribution in [1.82, 2.24) is 4.57 Å². The zero-order valence-corrected chi connectivity index (χ0v) is 21.5. The number of benzene rings is 1. The van der Waals surface area contributed by atoms with E-state index in [0.717, 1.165) is 4.57 Å². The second kappa shape index (κ2) is 12.4. The Morgan fingerprint density at radius 2 is 1.76 bits per heavy atom. The molecule has 0 saturated heterocycles. The molecule has 8 N–H and O–H groups in total. The number of anilines is 1. The number of guanidine groups is 1. The Morgan fingerprint density at radius 1 is 1.19 bits per heavy atom. The molecule has 13 nitrogen and oxygen atoms in total. The first-order chi connectivity index (χ1) is 16.9. The molecule has 0 radical (unpaired) electrons. The van der Waals surface area contributed by atoms with Gasteiger partial charge in [-0.2, -0.15) is 13.2 Å². The molecule has 0 spiro atoms. The fraction of sp³-hybridized carbons (Fsp3) is 0.263. The number of nitrogens with one attached hydrogen (secondary N) is 1. The van der Waals surface area contributed by atoms with Crippen LogP contribution in [0.25, 0.3) is 0 Å². The maximum absolute atomic E-state index is 13.0. The van der Waals surface area contributed by atoms with Crippen molar-refractivity contribution in [1.29, 1.82) is 0 Å². The van der Waals surface area contributed by atoms with E-state index in [1.54, 1.807) is 13.0 Å². The summed E-state index contributed by atoms with van der Waals surface area (Å²) in [5, 5.41) is 10.5. The van der Waals surface area contributed by atoms with Crippen LogP contribution in [0, 0.1) is 6.92 Å². The summed E-state index contributed by atoms with van der Waals surface area (Å²) in [6.45, 7) is 2.99. The van der Waals surface area contributed by atoms with E-state index in [1.165, 1.54) is 37.3 Å². The number of pyridine rings is 1. The standard InChI is InChI=1S/C17H21BrN6O5S.C2HF3O2/c1-9-6-7-13(23-30(27,28)12-5-3-4-11(18)8-12)16(26)24(9)14(15(19)25)10(2)29-22-17(20)21;3-2(4,5)1(6)7/h3-8,10,14,23H,1-2H3,(H2,19,25)(H4,20,21,22);(H,6,7). The lowest BCUT2D eigenvalue weighted by atomic mass is 10.1. The zero-order chi connectivity index (χ0) is 28.7. The van der Waals surface area contributed by atoms with E-state index >= 15 is 0 Å². The Hall–Kier alpha value is -3.80. The maximum atomic E-state index is 13.0. The van der Waals surface area contributed by atoms with Gasteiger partial charge in [0.15, 0.2) is 12.1 Å². The number of hydrogen-bond donors (Lipinski definition) is 5. The fourth-order valence-corrected chi connectivity index (χ4v) is 4.33. The van der Waals surface area contributed by atoms with Gasteiger partial charge in [-0.1, -0.05) is 22.0 Å². The van der Waals surface area contributed by atoms with Crippen LogP contribution in [0.1, 0.15) is 18.7 Å². The molecule has 204 valence electrons. The van der Waals surface area contributed by atoms with E-state index in [9.17, 15) is 31.2 Å². The van der Waals surface area contributed by atoms with Crippen LogP contribution in [0.5, 0.6) is 0 Å². The first kappa shape index (κ1) is 31.2. The lowest BCUT2D eigenvalue weighted by molar-refractivity contribution is -0.192. The molecule has 2 unspecified atom stereocenters. The minimum absolute atomic E-state index is 0.0562. The smallest absolute Gasteiger partial charge is 0.475 e. The van der Waals surface area contributed by atoms with Gasteiger partial charge < -0.3 is 27.1 Å². The second-order valence-corrected chi connectivity index (χ2v) is 9.70. The van der Waals surface area contributed by atoms with Gasteiger partial charge in [0.25, 0.3) is 15.6 Å². The molecule has 1 aromatic carbocycles. The summed E-state index contributed by atoms with van der Waals surface area (Å²) in [4.78, 5) is 39.0. The first-order valence-electron chi connectivity index (χ1n) is 9.73. The molecule has 2 aromatic rings. The van der Waals surface area contributed by atoms with Gasteiger partial charge in [-0.3, -0.25) is 18.9 Å². The van der Waals surface area contributed by atoms with Gasteiger partial charge in [0, 0.05) is 10.2 Å². The average Bonchev–Trinajstić information content (AvgIpc) is 2.76. The number of alkyl halides is 3. The topological polar surface area (TPSA) is 222 Å². The third kappa shape index (κ3) is 8.98. The molecule has 0 fully saturated rings. The molecule has 1 heterocycles. The maximum Gasteiger partial charge on any atom is 0.490 e. The van der Waals surface area contributed by atoms with Crippen molar-refractivity contribution in [3.05, 3.63) is 56.9 Å². The summed E-state index contributed by atoms with van der Waals surface area (Å²) in [5.41, 5.74) is 15.2. The third-order valence-corrected chi connectivity index (χ3v) is 6.11. The third-order valence-electron chi connectivity index (χ3n) is 4.25. The number of carbonyl (C=O) groups is 2. The van der Waals surface area contributed by atoms with Crippen LogP contribution in [0.3, 0.4) is 0 Å². The molecule has 2 atom stereocenters. The predicted octanol–water partition coefficient (Wildman–Crippen LogP) is 0.973. The summed E-state index contributed by atoms with van der Waals surface area (Å²) >= 11 is 3.20. The Bertz CT molecular complexity index is 1340. The van der Waals surface area contributed by atoms with Gasteiger partial charge in [-0.15, -0.1) is 0 Å². The van der Waals surface area contributed by atoms with Crippen LogP contribution in [0.2, 0.25) is 0 Å². The van der Waals surface area contributed by atoms with E-state index in [4.69, 9.17) is 31.9 Å². The molecule has 0 aliphatic heterocycles. The van der Waals surface area contributed by atoms with E-state index in [2.05, 4.69) is 25.8 Å². The van der Waals surface area contributed by atoms with E-state index < -0.39 is 45.8 Å². The van der Waals surface area contributed by atoms with E-state index in [1.807, 2.05) is 0 Å². The monoisotopic (exact) mass is 614 g/mol. The van der Waals surface area contributed by atoms with Crippen molar-refractivity contribution in [2.45, 2.75) is 37.1 Å². The Morgan fingerprint density at radius 3 is 2.22 bits per heavy atom. The Balaban J connectivity index is 0.000000856. The average molecular weight is 615 g/mol. The minimum atomic E-state index is -5.08. The number of hydrogen-bond acceptors (Lipinski definition) is 7. The number of nitrogens with zero attached hydrogens (tertiary/aromatic N) is 2. The highest BCUT2D eigenvalue weighted by atomic mass is 79.9. The number of carboxylic acids is 1. The first-order valence-corrected chi connectivity index (χ1v) is 12.0. The van der Waals surface area contributed by atoms with Crippen molar-refractivity contribution in [2.75, 3.05) is 4.72 Å². The summed E-state index contributed by atoms with van der Waals surface area (Å²) in [6.07, 6.45) is -6.11. The molecule has 0 aliphatic rings. The number of primary amides is 1. The van der Waals surface area contributed by atoms with Crippen molar-refractivity contribution < 1.29 is 41.1 Å². The highest BCUT2D eigenvalue weighted by Gasteiger charge is 2.38. The molecule has 37 heavy (non-hydrogen) atoms. The Kier molecular flexibility index (Phi) is 10.5. The van der Waals surface area contributed by atoms with Crippen molar-refractivity contribution >= 4 is 49.5 Å². The highest BCUT2D eigenvalue weighted by molar-refractivity contribution is 9.10. The van der Waals surface area contributed by atoms with Crippen molar-refractivity contribution in [2.24, 2.45) is 22.4 Å². The van der Waals surface area contributed by atoms with Crippen LogP contribution in [-0.2, 0) is 24.4 Å². The number of amides is 1. The quantitative estimate of drug-likeness (QED) is 0.162. The minimum Gasteiger partial charge on any atom is -0.475 e. The summed E-state index contributed by atoms with van der Waals surface area (Å²) < 4.78 is 60.9. The number of aromatic nitrogens is 1. The van der Waals surface area contributed by atoms with Gasteiger partial charge in [0.2, 0.25) is 11.9 Å². The van der Waals surface area contributed by atoms with E-state index in [0.29, 0.717) is 10.2 Å². The molecular weight excluding hydrogens is 593 g/mol. The SMILES string of the molecule is Cc1ccc(NS(=O)(=O)c2cccc(Br)c2)c(=O)n1C(C(N)=O)C(C)ON=C(N)N.O=C(O)C(F)(F)F. The van der Waals surface area contributed by atoms with Gasteiger partial charge in [0.05, 0.1) is 4.90 Å². The van der Waals surface area contributed by atoms with Crippen LogP contribution in [0.15, 0.2) is 55.7 Å². The molecule has 1 aromatic heterocycles.